The topological polar surface area (TPSA) is 127 Å². The maximum Gasteiger partial charge on any atom is 0.296 e. The maximum atomic E-state index is 12.9. The van der Waals surface area contributed by atoms with Gasteiger partial charge >= 0.3 is 0 Å². The van der Waals surface area contributed by atoms with Gasteiger partial charge in [0.05, 0.1) is 22.8 Å². The molecule has 0 saturated heterocycles. The number of thiazole rings is 1. The minimum absolute atomic E-state index is 0.0396. The predicted molar refractivity (Wildman–Crippen MR) is 98.1 cm³/mol. The van der Waals surface area contributed by atoms with Crippen molar-refractivity contribution in [3.63, 3.8) is 0 Å². The third-order valence-electron chi connectivity index (χ3n) is 4.24. The third kappa shape index (κ3) is 2.76. The summed E-state index contributed by atoms with van der Waals surface area (Å²) >= 11 is 1.16. The fourth-order valence-electron chi connectivity index (χ4n) is 3.00. The Morgan fingerprint density at radius 1 is 1.29 bits per heavy atom. The molecule has 0 fully saturated rings. The third-order valence-corrected chi connectivity index (χ3v) is 5.01. The first-order valence-electron chi connectivity index (χ1n) is 7.97. The quantitative estimate of drug-likeness (QED) is 0.397. The van der Waals surface area contributed by atoms with Gasteiger partial charge in [-0.05, 0) is 29.8 Å². The number of nitro groups is 1. The van der Waals surface area contributed by atoms with E-state index < -0.39 is 28.4 Å². The SMILES string of the molecule is O=C(C1=C(O)C(=O)N(c2nccs2)[C@@H]1c1ccc([N+](=O)[O-])cc1)c1ccco1. The molecule has 3 heterocycles. The van der Waals surface area contributed by atoms with Gasteiger partial charge in [0.25, 0.3) is 11.6 Å². The Bertz CT molecular complexity index is 1090. The number of rotatable bonds is 5. The number of amides is 1. The second kappa shape index (κ2) is 6.74. The number of Topliss-reactive ketones (excluding diaryl/α,β-unsaturated/α-hetero) is 1. The van der Waals surface area contributed by atoms with E-state index in [1.54, 1.807) is 5.38 Å². The van der Waals surface area contributed by atoms with Crippen LogP contribution in [0.2, 0.25) is 0 Å². The van der Waals surface area contributed by atoms with Crippen LogP contribution in [0.5, 0.6) is 0 Å². The minimum Gasteiger partial charge on any atom is -0.503 e. The van der Waals surface area contributed by atoms with Crippen LogP contribution >= 0.6 is 11.3 Å². The summed E-state index contributed by atoms with van der Waals surface area (Å²) < 4.78 is 5.13. The van der Waals surface area contributed by atoms with E-state index in [0.717, 1.165) is 11.3 Å². The monoisotopic (exact) mass is 397 g/mol. The molecular formula is C18H11N3O6S. The number of non-ortho nitro benzene ring substituents is 1. The van der Waals surface area contributed by atoms with Crippen molar-refractivity contribution in [2.75, 3.05) is 4.90 Å². The summed E-state index contributed by atoms with van der Waals surface area (Å²) in [5.41, 5.74) is 0.0955. The number of furan rings is 1. The van der Waals surface area contributed by atoms with E-state index >= 15 is 0 Å². The molecule has 1 atom stereocenters. The Hall–Kier alpha value is -3.79. The fourth-order valence-corrected chi connectivity index (χ4v) is 3.67. The van der Waals surface area contributed by atoms with E-state index in [1.165, 1.54) is 53.8 Å². The van der Waals surface area contributed by atoms with Gasteiger partial charge in [0.15, 0.2) is 16.7 Å². The second-order valence-corrected chi connectivity index (χ2v) is 6.68. The van der Waals surface area contributed by atoms with Crippen LogP contribution in [0.3, 0.4) is 0 Å². The number of nitro benzene ring substituents is 1. The average Bonchev–Trinajstić information content (AvgIpc) is 3.43. The molecular weight excluding hydrogens is 386 g/mol. The molecule has 0 aliphatic carbocycles. The first kappa shape index (κ1) is 17.6. The molecule has 0 spiro atoms. The lowest BCUT2D eigenvalue weighted by atomic mass is 9.95. The first-order valence-corrected chi connectivity index (χ1v) is 8.85. The van der Waals surface area contributed by atoms with E-state index in [1.807, 2.05) is 0 Å². The molecule has 1 aromatic carbocycles. The van der Waals surface area contributed by atoms with Crippen molar-refractivity contribution in [1.29, 1.82) is 0 Å². The molecule has 9 nitrogen and oxygen atoms in total. The number of ketones is 1. The summed E-state index contributed by atoms with van der Waals surface area (Å²) in [6.07, 6.45) is 2.80. The van der Waals surface area contributed by atoms with Gasteiger partial charge < -0.3 is 9.52 Å². The summed E-state index contributed by atoms with van der Waals surface area (Å²) in [5, 5.41) is 23.3. The Labute approximate surface area is 161 Å². The van der Waals surface area contributed by atoms with Crippen LogP contribution in [0.1, 0.15) is 22.2 Å². The molecule has 3 aromatic rings. The number of hydrogen-bond donors (Lipinski definition) is 1. The van der Waals surface area contributed by atoms with Crippen molar-refractivity contribution in [2.24, 2.45) is 0 Å². The summed E-state index contributed by atoms with van der Waals surface area (Å²) in [4.78, 5) is 41.3. The van der Waals surface area contributed by atoms with E-state index in [-0.39, 0.29) is 22.2 Å². The number of carbonyl (C=O) groups is 2. The van der Waals surface area contributed by atoms with Gasteiger partial charge in [0, 0.05) is 23.7 Å². The molecule has 0 radical (unpaired) electrons. The van der Waals surface area contributed by atoms with Crippen molar-refractivity contribution in [3.8, 4) is 0 Å². The van der Waals surface area contributed by atoms with Crippen LogP contribution in [0.25, 0.3) is 0 Å². The number of benzene rings is 1. The average molecular weight is 397 g/mol. The summed E-state index contributed by atoms with van der Waals surface area (Å²) in [6, 6.07) is 7.34. The Kier molecular flexibility index (Phi) is 4.24. The standard InChI is InChI=1S/C18H11N3O6S/c22-15(12-2-1-8-27-12)13-14(10-3-5-11(6-4-10)21(25)26)20(17(24)16(13)23)18-19-7-9-28-18/h1-9,14,23H/t14-/m1/s1. The van der Waals surface area contributed by atoms with Crippen molar-refractivity contribution in [1.82, 2.24) is 4.98 Å². The summed E-state index contributed by atoms with van der Waals surface area (Å²) in [6.45, 7) is 0. The van der Waals surface area contributed by atoms with Crippen LogP contribution in [-0.2, 0) is 4.79 Å². The van der Waals surface area contributed by atoms with Crippen molar-refractivity contribution < 1.29 is 24.0 Å². The highest BCUT2D eigenvalue weighted by atomic mass is 32.1. The lowest BCUT2D eigenvalue weighted by Crippen LogP contribution is -2.30. The van der Waals surface area contributed by atoms with Gasteiger partial charge in [-0.2, -0.15) is 0 Å². The molecule has 140 valence electrons. The maximum absolute atomic E-state index is 12.9. The van der Waals surface area contributed by atoms with E-state index in [0.29, 0.717) is 5.56 Å². The second-order valence-electron chi connectivity index (χ2n) is 5.81. The lowest BCUT2D eigenvalue weighted by molar-refractivity contribution is -0.384. The van der Waals surface area contributed by atoms with Crippen LogP contribution in [0.15, 0.2) is 70.0 Å². The van der Waals surface area contributed by atoms with Gasteiger partial charge in [0.2, 0.25) is 5.78 Å². The number of hydrogen-bond acceptors (Lipinski definition) is 8. The number of aliphatic hydroxyl groups excluding tert-OH is 1. The number of anilines is 1. The molecule has 0 bridgehead atoms. The van der Waals surface area contributed by atoms with Gasteiger partial charge in [-0.1, -0.05) is 0 Å². The van der Waals surface area contributed by atoms with Gasteiger partial charge in [-0.25, -0.2) is 4.98 Å². The lowest BCUT2D eigenvalue weighted by Gasteiger charge is -2.24. The number of aliphatic hydroxyl groups is 1. The van der Waals surface area contributed by atoms with Crippen molar-refractivity contribution in [3.05, 3.63) is 87.0 Å². The molecule has 1 aliphatic rings. The zero-order chi connectivity index (χ0) is 19.8. The van der Waals surface area contributed by atoms with E-state index in [9.17, 15) is 24.8 Å². The first-order chi connectivity index (χ1) is 13.5. The number of nitrogens with zero attached hydrogens (tertiary/aromatic N) is 3. The molecule has 4 rings (SSSR count). The fraction of sp³-hybridized carbons (Fsp3) is 0.0556. The van der Waals surface area contributed by atoms with Crippen LogP contribution < -0.4 is 4.90 Å². The molecule has 2 aromatic heterocycles. The van der Waals surface area contributed by atoms with Gasteiger partial charge in [-0.3, -0.25) is 24.6 Å². The predicted octanol–water partition coefficient (Wildman–Crippen LogP) is 3.43. The highest BCUT2D eigenvalue weighted by Crippen LogP contribution is 2.42. The van der Waals surface area contributed by atoms with Gasteiger partial charge in [0.1, 0.15) is 0 Å². The van der Waals surface area contributed by atoms with E-state index in [4.69, 9.17) is 4.42 Å². The van der Waals surface area contributed by atoms with Gasteiger partial charge in [-0.15, -0.1) is 11.3 Å². The summed E-state index contributed by atoms with van der Waals surface area (Å²) in [5.74, 6) is -2.19. The van der Waals surface area contributed by atoms with Crippen molar-refractivity contribution in [2.45, 2.75) is 6.04 Å². The van der Waals surface area contributed by atoms with Crippen molar-refractivity contribution >= 4 is 33.8 Å². The van der Waals surface area contributed by atoms with Crippen LogP contribution in [0, 0.1) is 10.1 Å². The normalized spacial score (nSPS) is 16.6. The van der Waals surface area contributed by atoms with Crippen LogP contribution in [0.4, 0.5) is 10.8 Å². The van der Waals surface area contributed by atoms with Crippen LogP contribution in [-0.4, -0.2) is 26.7 Å². The molecule has 0 saturated carbocycles. The summed E-state index contributed by atoms with van der Waals surface area (Å²) in [7, 11) is 0. The zero-order valence-electron chi connectivity index (χ0n) is 14.0. The zero-order valence-corrected chi connectivity index (χ0v) is 14.8. The number of carbonyl (C=O) groups excluding carboxylic acids is 2. The highest BCUT2D eigenvalue weighted by Gasteiger charge is 2.46. The Morgan fingerprint density at radius 2 is 2.04 bits per heavy atom. The largest absolute Gasteiger partial charge is 0.503 e. The molecule has 28 heavy (non-hydrogen) atoms. The molecule has 1 aliphatic heterocycles. The molecule has 1 amide bonds. The molecule has 0 unspecified atom stereocenters. The Balaban J connectivity index is 1.86. The molecule has 10 heteroatoms. The van der Waals surface area contributed by atoms with E-state index in [2.05, 4.69) is 4.98 Å². The minimum atomic E-state index is -1.00. The molecule has 1 N–H and O–H groups in total. The highest BCUT2D eigenvalue weighted by molar-refractivity contribution is 7.13. The number of aromatic nitrogens is 1. The Morgan fingerprint density at radius 3 is 2.61 bits per heavy atom. The smallest absolute Gasteiger partial charge is 0.296 e.